The van der Waals surface area contributed by atoms with Crippen LogP contribution in [0, 0.1) is 17.7 Å². The topological polar surface area (TPSA) is 96.7 Å². The molecular formula is C27H32F6N4O4. The molecule has 41 heavy (non-hydrogen) atoms. The molecular weight excluding hydrogens is 558 g/mol. The number of carbonyl (C=O) groups excluding carboxylic acids is 2. The van der Waals surface area contributed by atoms with Crippen LogP contribution in [0.2, 0.25) is 0 Å². The van der Waals surface area contributed by atoms with E-state index in [0.29, 0.717) is 12.8 Å². The maximum atomic E-state index is 16.0. The summed E-state index contributed by atoms with van der Waals surface area (Å²) in [7, 11) is 0. The molecule has 1 aromatic carbocycles. The van der Waals surface area contributed by atoms with Gasteiger partial charge in [0.15, 0.2) is 11.4 Å². The Kier molecular flexibility index (Phi) is 7.34. The van der Waals surface area contributed by atoms with Gasteiger partial charge in [-0.3, -0.25) is 0 Å². The first-order chi connectivity index (χ1) is 19.0. The Morgan fingerprint density at radius 1 is 1.15 bits per heavy atom. The fraction of sp³-hybridized carbons (Fsp3) is 0.667. The van der Waals surface area contributed by atoms with Crippen molar-refractivity contribution in [2.75, 3.05) is 6.54 Å². The highest BCUT2D eigenvalue weighted by Gasteiger charge is 2.51. The van der Waals surface area contributed by atoms with Crippen molar-refractivity contribution in [1.82, 2.24) is 20.5 Å². The highest BCUT2D eigenvalue weighted by molar-refractivity contribution is 5.79. The summed E-state index contributed by atoms with van der Waals surface area (Å²) in [5, 5.41) is 4.58. The summed E-state index contributed by atoms with van der Waals surface area (Å²) in [4.78, 5) is 30.5. The summed E-state index contributed by atoms with van der Waals surface area (Å²) in [6.45, 7) is 4.33. The lowest BCUT2D eigenvalue weighted by atomic mass is 9.82. The number of nitrogens with one attached hydrogen (secondary N) is 2. The number of fused-ring (bicyclic) bond motifs is 1. The van der Waals surface area contributed by atoms with Crippen LogP contribution < -0.4 is 10.6 Å². The first-order valence-electron chi connectivity index (χ1n) is 13.6. The molecule has 1 aliphatic heterocycles. The summed E-state index contributed by atoms with van der Waals surface area (Å²) < 4.78 is 94.9. The predicted octanol–water partition coefficient (Wildman–Crippen LogP) is 6.77. The number of carbonyl (C=O) groups is 2. The van der Waals surface area contributed by atoms with Crippen LogP contribution in [-0.4, -0.2) is 52.3 Å². The molecule has 3 atom stereocenters. The smallest absolute Gasteiger partial charge is 0.410 e. The van der Waals surface area contributed by atoms with Crippen molar-refractivity contribution in [3.8, 4) is 0 Å². The summed E-state index contributed by atoms with van der Waals surface area (Å²) >= 11 is 0. The van der Waals surface area contributed by atoms with Gasteiger partial charge >= 0.3 is 18.3 Å². The van der Waals surface area contributed by atoms with Crippen LogP contribution in [-0.2, 0) is 4.74 Å². The fourth-order valence-electron chi connectivity index (χ4n) is 5.64. The van der Waals surface area contributed by atoms with E-state index in [9.17, 15) is 31.5 Å². The standard InChI is InChI=1S/C27H32F6N4O4/c1-25(2,3)41-24(39)36-19(13-8-10-26(29,30)11-9-13)22-35-20-16(40-22)7-6-15(18(20)28)21(14-4-5-14)37-12-17(27(31,32)33)34-23(37)38/h6-7,13-14,17,19,21H,4-5,8-12H2,1-3H3,(H,34,38)(H,36,39)/t17-,19+,21-/m1/s1. The highest BCUT2D eigenvalue weighted by Crippen LogP contribution is 2.48. The fourth-order valence-corrected chi connectivity index (χ4v) is 5.64. The van der Waals surface area contributed by atoms with E-state index in [1.54, 1.807) is 20.8 Å². The van der Waals surface area contributed by atoms with Crippen molar-refractivity contribution in [2.45, 2.75) is 95.1 Å². The number of halogens is 6. The Labute approximate surface area is 232 Å². The molecule has 0 bridgehead atoms. The van der Waals surface area contributed by atoms with Gasteiger partial charge in [-0.1, -0.05) is 6.07 Å². The molecule has 8 nitrogen and oxygen atoms in total. The molecule has 2 N–H and O–H groups in total. The van der Waals surface area contributed by atoms with E-state index in [-0.39, 0.29) is 41.3 Å². The number of hydrogen-bond acceptors (Lipinski definition) is 5. The third-order valence-electron chi connectivity index (χ3n) is 7.77. The van der Waals surface area contributed by atoms with Crippen molar-refractivity contribution in [1.29, 1.82) is 0 Å². The van der Waals surface area contributed by atoms with Crippen LogP contribution in [0.4, 0.5) is 35.9 Å². The van der Waals surface area contributed by atoms with Crippen LogP contribution in [0.5, 0.6) is 0 Å². The number of rotatable bonds is 6. The molecule has 14 heteroatoms. The lowest BCUT2D eigenvalue weighted by molar-refractivity contribution is -0.150. The van der Waals surface area contributed by atoms with Crippen molar-refractivity contribution >= 4 is 23.2 Å². The summed E-state index contributed by atoms with van der Waals surface area (Å²) in [6.07, 6.45) is -4.95. The summed E-state index contributed by atoms with van der Waals surface area (Å²) in [5.41, 5.74) is -1.06. The third kappa shape index (κ3) is 6.35. The van der Waals surface area contributed by atoms with E-state index >= 15 is 4.39 Å². The Bertz CT molecular complexity index is 1310. The minimum Gasteiger partial charge on any atom is -0.444 e. The minimum atomic E-state index is -4.65. The molecule has 3 aliphatic rings. The molecule has 2 saturated carbocycles. The quantitative estimate of drug-likeness (QED) is 0.362. The predicted molar refractivity (Wildman–Crippen MR) is 134 cm³/mol. The highest BCUT2D eigenvalue weighted by atomic mass is 19.4. The van der Waals surface area contributed by atoms with Gasteiger partial charge in [0, 0.05) is 18.4 Å². The second-order valence-electron chi connectivity index (χ2n) is 12.2. The van der Waals surface area contributed by atoms with Crippen LogP contribution in [0.3, 0.4) is 0 Å². The number of amides is 3. The first kappa shape index (κ1) is 29.3. The molecule has 1 aromatic heterocycles. The Morgan fingerprint density at radius 3 is 2.37 bits per heavy atom. The Morgan fingerprint density at radius 2 is 1.80 bits per heavy atom. The summed E-state index contributed by atoms with van der Waals surface area (Å²) in [6, 6.07) is -2.16. The zero-order chi connectivity index (χ0) is 29.9. The average molecular weight is 591 g/mol. The van der Waals surface area contributed by atoms with Gasteiger partial charge in [-0.05, 0) is 64.4 Å². The number of alkyl halides is 5. The third-order valence-corrected chi connectivity index (χ3v) is 7.77. The molecule has 2 heterocycles. The van der Waals surface area contributed by atoms with Crippen LogP contribution in [0.1, 0.15) is 82.8 Å². The number of nitrogens with zero attached hydrogens (tertiary/aromatic N) is 2. The molecule has 3 amide bonds. The second kappa shape index (κ2) is 10.3. The number of urea groups is 1. The molecule has 5 rings (SSSR count). The van der Waals surface area contributed by atoms with Crippen LogP contribution >= 0.6 is 0 Å². The van der Waals surface area contributed by atoms with E-state index in [4.69, 9.17) is 9.15 Å². The minimum absolute atomic E-state index is 0.00628. The first-order valence-corrected chi connectivity index (χ1v) is 13.6. The van der Waals surface area contributed by atoms with E-state index in [0.717, 1.165) is 4.90 Å². The van der Waals surface area contributed by atoms with Gasteiger partial charge in [-0.15, -0.1) is 0 Å². The van der Waals surface area contributed by atoms with Gasteiger partial charge in [0.25, 0.3) is 0 Å². The Balaban J connectivity index is 1.47. The van der Waals surface area contributed by atoms with E-state index in [1.807, 2.05) is 5.32 Å². The monoisotopic (exact) mass is 590 g/mol. The second-order valence-corrected chi connectivity index (χ2v) is 12.2. The molecule has 2 aliphatic carbocycles. The van der Waals surface area contributed by atoms with Gasteiger partial charge in [-0.2, -0.15) is 13.2 Å². The van der Waals surface area contributed by atoms with Crippen LogP contribution in [0.25, 0.3) is 11.1 Å². The lowest BCUT2D eigenvalue weighted by Crippen LogP contribution is -2.40. The maximum absolute atomic E-state index is 16.0. The number of alkyl carbamates (subject to hydrolysis) is 1. The number of hydrogen-bond donors (Lipinski definition) is 2. The van der Waals surface area contributed by atoms with Crippen LogP contribution in [0.15, 0.2) is 16.5 Å². The Hall–Kier alpha value is -3.19. The lowest BCUT2D eigenvalue weighted by Gasteiger charge is -2.33. The van der Waals surface area contributed by atoms with Crippen molar-refractivity contribution < 1.29 is 45.1 Å². The largest absolute Gasteiger partial charge is 0.444 e. The number of benzene rings is 1. The molecule has 0 spiro atoms. The van der Waals surface area contributed by atoms with E-state index in [2.05, 4.69) is 10.3 Å². The number of ether oxygens (including phenoxy) is 1. The van der Waals surface area contributed by atoms with Gasteiger partial charge in [0.1, 0.15) is 23.2 Å². The molecule has 3 fully saturated rings. The molecule has 0 radical (unpaired) electrons. The average Bonchev–Trinajstić information content (AvgIpc) is 3.45. The number of aromatic nitrogens is 1. The van der Waals surface area contributed by atoms with Gasteiger partial charge in [0.05, 0.1) is 12.6 Å². The van der Waals surface area contributed by atoms with Gasteiger partial charge < -0.3 is 24.7 Å². The van der Waals surface area contributed by atoms with Crippen molar-refractivity contribution in [3.05, 3.63) is 29.4 Å². The van der Waals surface area contributed by atoms with Gasteiger partial charge in [-0.25, -0.2) is 27.7 Å². The molecule has 1 saturated heterocycles. The number of oxazole rings is 1. The van der Waals surface area contributed by atoms with E-state index < -0.39 is 79.1 Å². The normalized spacial score (nSPS) is 23.4. The molecule has 0 unspecified atom stereocenters. The van der Waals surface area contributed by atoms with Crippen molar-refractivity contribution in [2.24, 2.45) is 11.8 Å². The van der Waals surface area contributed by atoms with E-state index in [1.165, 1.54) is 12.1 Å². The molecule has 2 aromatic rings. The molecule has 226 valence electrons. The zero-order valence-corrected chi connectivity index (χ0v) is 22.8. The SMILES string of the molecule is CC(C)(C)OC(=O)N[C@H](c1nc2c(F)c([C@@H](C3CC3)N3C[C@H](C(F)(F)F)NC3=O)ccc2o1)C1CCC(F)(F)CC1. The maximum Gasteiger partial charge on any atom is 0.410 e. The van der Waals surface area contributed by atoms with Gasteiger partial charge in [0.2, 0.25) is 11.8 Å². The summed E-state index contributed by atoms with van der Waals surface area (Å²) in [5.74, 6) is -4.51. The van der Waals surface area contributed by atoms with Crippen molar-refractivity contribution in [3.63, 3.8) is 0 Å². The zero-order valence-electron chi connectivity index (χ0n) is 22.8.